The summed E-state index contributed by atoms with van der Waals surface area (Å²) in [4.78, 5) is 25.2. The molecule has 1 fully saturated rings. The molecule has 1 aliphatic heterocycles. The molecule has 3 N–H and O–H groups in total. The highest BCUT2D eigenvalue weighted by atomic mass is 32.2. The lowest BCUT2D eigenvalue weighted by Crippen LogP contribution is -2.45. The van der Waals surface area contributed by atoms with Crippen molar-refractivity contribution >= 4 is 40.8 Å². The Bertz CT molecular complexity index is 1550. The van der Waals surface area contributed by atoms with E-state index in [9.17, 15) is 14.7 Å². The van der Waals surface area contributed by atoms with Gasteiger partial charge in [-0.1, -0.05) is 96.8 Å². The first kappa shape index (κ1) is 32.6. The van der Waals surface area contributed by atoms with Crippen molar-refractivity contribution in [3.63, 3.8) is 0 Å². The molecule has 45 heavy (non-hydrogen) atoms. The number of methoxy groups -OCH3 is 1. The molecule has 0 radical (unpaired) electrons. The van der Waals surface area contributed by atoms with Crippen LogP contribution in [0.5, 0.6) is 0 Å². The second-order valence-corrected chi connectivity index (χ2v) is 13.2. The van der Waals surface area contributed by atoms with E-state index in [0.29, 0.717) is 17.9 Å². The van der Waals surface area contributed by atoms with Crippen molar-refractivity contribution in [1.82, 2.24) is 15.5 Å². The third-order valence-electron chi connectivity index (χ3n) is 7.52. The lowest BCUT2D eigenvalue weighted by atomic mass is 9.91. The van der Waals surface area contributed by atoms with Gasteiger partial charge in [0, 0.05) is 29.3 Å². The molecular formula is C33H36N4O6S2. The molecule has 12 heteroatoms. The summed E-state index contributed by atoms with van der Waals surface area (Å²) in [6.07, 6.45) is -0.745. The Balaban J connectivity index is 1.27. The fourth-order valence-corrected chi connectivity index (χ4v) is 7.04. The standard InChI is InChI=1S/C33H36N4O6S2/c1-20-28(19-44-33-37-36-21(2)45-33)42-31(43-29(20)24-11-9-23(18-38)10-12-24)25-13-15-26(16-14-25)34-32(40)35-27(30(39)41-3)17-22-7-5-4-6-8-22/h4-16,20,27-29,31,38H,17-19H2,1-3H3,(H2,34,35,40)/t20-,27+,28+,29+,31+/m1/s1. The number of aliphatic hydroxyl groups is 1. The minimum absolute atomic E-state index is 0.0254. The summed E-state index contributed by atoms with van der Waals surface area (Å²) in [5.41, 5.74) is 4.07. The normalized spacial score (nSPS) is 20.3. The maximum Gasteiger partial charge on any atom is 0.328 e. The minimum atomic E-state index is -0.843. The number of carbonyl (C=O) groups excluding carboxylic acids is 2. The van der Waals surface area contributed by atoms with Gasteiger partial charge in [-0.15, -0.1) is 10.2 Å². The van der Waals surface area contributed by atoms with Crippen molar-refractivity contribution < 1.29 is 28.9 Å². The van der Waals surface area contributed by atoms with Crippen molar-refractivity contribution in [3.8, 4) is 0 Å². The van der Waals surface area contributed by atoms with E-state index in [0.717, 1.165) is 31.6 Å². The Labute approximate surface area is 270 Å². The highest BCUT2D eigenvalue weighted by Crippen LogP contribution is 2.43. The molecule has 1 aromatic heterocycles. The summed E-state index contributed by atoms with van der Waals surface area (Å²) in [6, 6.07) is 23.1. The molecule has 10 nitrogen and oxygen atoms in total. The smallest absolute Gasteiger partial charge is 0.328 e. The largest absolute Gasteiger partial charge is 0.467 e. The fraction of sp³-hybridized carbons (Fsp3) is 0.333. The maximum absolute atomic E-state index is 12.8. The van der Waals surface area contributed by atoms with Crippen LogP contribution in [-0.2, 0) is 32.0 Å². The van der Waals surface area contributed by atoms with Gasteiger partial charge in [-0.25, -0.2) is 9.59 Å². The van der Waals surface area contributed by atoms with Crippen LogP contribution in [0.25, 0.3) is 0 Å². The number of hydrogen-bond acceptors (Lipinski definition) is 10. The van der Waals surface area contributed by atoms with Crippen LogP contribution in [0.4, 0.5) is 10.5 Å². The van der Waals surface area contributed by atoms with Crippen LogP contribution < -0.4 is 10.6 Å². The van der Waals surface area contributed by atoms with Crippen molar-refractivity contribution in [2.75, 3.05) is 18.2 Å². The average molecular weight is 649 g/mol. The highest BCUT2D eigenvalue weighted by molar-refractivity contribution is 8.01. The zero-order valence-electron chi connectivity index (χ0n) is 25.2. The number of urea groups is 1. The quantitative estimate of drug-likeness (QED) is 0.136. The van der Waals surface area contributed by atoms with Gasteiger partial charge in [-0.2, -0.15) is 0 Å². The van der Waals surface area contributed by atoms with Gasteiger partial charge >= 0.3 is 12.0 Å². The Morgan fingerprint density at radius 1 is 0.978 bits per heavy atom. The number of aliphatic hydroxyl groups excluding tert-OH is 1. The lowest BCUT2D eigenvalue weighted by molar-refractivity contribution is -0.268. The molecule has 0 bridgehead atoms. The molecule has 0 unspecified atom stereocenters. The number of hydrogen-bond donors (Lipinski definition) is 3. The van der Waals surface area contributed by atoms with E-state index < -0.39 is 24.3 Å². The second kappa shape index (κ2) is 15.5. The summed E-state index contributed by atoms with van der Waals surface area (Å²) in [5, 5.41) is 24.3. The van der Waals surface area contributed by atoms with Gasteiger partial charge in [-0.05, 0) is 35.7 Å². The Hall–Kier alpha value is -3.81. The van der Waals surface area contributed by atoms with Crippen molar-refractivity contribution in [2.45, 2.75) is 55.8 Å². The number of nitrogens with one attached hydrogen (secondary N) is 2. The molecule has 0 spiro atoms. The molecule has 4 aromatic rings. The summed E-state index contributed by atoms with van der Waals surface area (Å²) < 4.78 is 18.8. The predicted molar refractivity (Wildman–Crippen MR) is 173 cm³/mol. The number of rotatable bonds is 11. The van der Waals surface area contributed by atoms with E-state index in [4.69, 9.17) is 14.2 Å². The zero-order valence-corrected chi connectivity index (χ0v) is 26.8. The Kier molecular flexibility index (Phi) is 11.2. The SMILES string of the molecule is COC(=O)[C@H](Cc1ccccc1)NC(=O)Nc1ccc([C@H]2O[C@@H](CSc3nnc(C)s3)[C@@H](C)[C@@H](c3ccc(CO)cc3)O2)cc1. The molecule has 236 valence electrons. The molecule has 3 aromatic carbocycles. The van der Waals surface area contributed by atoms with Gasteiger partial charge in [0.1, 0.15) is 11.0 Å². The molecule has 0 saturated carbocycles. The number of thioether (sulfide) groups is 1. The number of amides is 2. The lowest BCUT2D eigenvalue weighted by Gasteiger charge is -2.41. The van der Waals surface area contributed by atoms with E-state index >= 15 is 0 Å². The fourth-order valence-electron chi connectivity index (χ4n) is 5.03. The summed E-state index contributed by atoms with van der Waals surface area (Å²) >= 11 is 3.17. The molecule has 1 saturated heterocycles. The topological polar surface area (TPSA) is 132 Å². The van der Waals surface area contributed by atoms with E-state index in [-0.39, 0.29) is 24.7 Å². The molecule has 5 atom stereocenters. The van der Waals surface area contributed by atoms with E-state index in [1.165, 1.54) is 7.11 Å². The van der Waals surface area contributed by atoms with Crippen LogP contribution in [0.3, 0.4) is 0 Å². The third-order valence-corrected chi connectivity index (χ3v) is 9.58. The molecule has 5 rings (SSSR count). The minimum Gasteiger partial charge on any atom is -0.467 e. The van der Waals surface area contributed by atoms with E-state index in [2.05, 4.69) is 27.8 Å². The first-order chi connectivity index (χ1) is 21.8. The summed E-state index contributed by atoms with van der Waals surface area (Å²) in [5.74, 6) is 0.177. The van der Waals surface area contributed by atoms with Crippen LogP contribution in [0.1, 0.15) is 46.6 Å². The zero-order chi connectivity index (χ0) is 31.8. The van der Waals surface area contributed by atoms with Gasteiger partial charge in [-0.3, -0.25) is 0 Å². The van der Waals surface area contributed by atoms with Crippen molar-refractivity contribution in [1.29, 1.82) is 0 Å². The first-order valence-corrected chi connectivity index (χ1v) is 16.4. The Morgan fingerprint density at radius 3 is 2.33 bits per heavy atom. The van der Waals surface area contributed by atoms with E-state index in [1.54, 1.807) is 35.2 Å². The molecule has 1 aliphatic rings. The molecule has 0 aliphatic carbocycles. The van der Waals surface area contributed by atoms with Crippen LogP contribution in [0.15, 0.2) is 83.2 Å². The van der Waals surface area contributed by atoms with Gasteiger partial charge in [0.2, 0.25) is 0 Å². The number of ether oxygens (including phenoxy) is 3. The third kappa shape index (κ3) is 8.68. The van der Waals surface area contributed by atoms with Crippen LogP contribution in [0, 0.1) is 12.8 Å². The number of benzene rings is 3. The number of nitrogens with zero attached hydrogens (tertiary/aromatic N) is 2. The molecule has 2 heterocycles. The second-order valence-electron chi connectivity index (χ2n) is 10.7. The van der Waals surface area contributed by atoms with E-state index in [1.807, 2.05) is 73.7 Å². The number of carbonyl (C=O) groups is 2. The van der Waals surface area contributed by atoms with Crippen molar-refractivity contribution in [3.05, 3.63) is 106 Å². The number of anilines is 1. The monoisotopic (exact) mass is 648 g/mol. The number of aryl methyl sites for hydroxylation is 1. The highest BCUT2D eigenvalue weighted by Gasteiger charge is 2.38. The summed E-state index contributed by atoms with van der Waals surface area (Å²) in [7, 11) is 1.30. The predicted octanol–water partition coefficient (Wildman–Crippen LogP) is 5.83. The van der Waals surface area contributed by atoms with Gasteiger partial charge in [0.25, 0.3) is 0 Å². The molecular weight excluding hydrogens is 613 g/mol. The number of esters is 1. The number of aromatic nitrogens is 2. The molecule has 2 amide bonds. The Morgan fingerprint density at radius 2 is 1.69 bits per heavy atom. The van der Waals surface area contributed by atoms with Crippen molar-refractivity contribution in [2.24, 2.45) is 5.92 Å². The van der Waals surface area contributed by atoms with Crippen LogP contribution >= 0.6 is 23.1 Å². The van der Waals surface area contributed by atoms with Gasteiger partial charge in [0.15, 0.2) is 10.6 Å². The van der Waals surface area contributed by atoms with Gasteiger partial charge in [0.05, 0.1) is 25.9 Å². The van der Waals surface area contributed by atoms with Crippen LogP contribution in [-0.4, -0.2) is 52.3 Å². The maximum atomic E-state index is 12.8. The first-order valence-electron chi connectivity index (χ1n) is 14.6. The average Bonchev–Trinajstić information content (AvgIpc) is 3.49. The van der Waals surface area contributed by atoms with Crippen LogP contribution in [0.2, 0.25) is 0 Å². The summed E-state index contributed by atoms with van der Waals surface area (Å²) in [6.45, 7) is 4.02. The van der Waals surface area contributed by atoms with Gasteiger partial charge < -0.3 is 30.0 Å².